The van der Waals surface area contributed by atoms with Gasteiger partial charge in [0.15, 0.2) is 0 Å². The summed E-state index contributed by atoms with van der Waals surface area (Å²) >= 11 is 0. The number of imidazole rings is 1. The molecule has 6 heterocycles. The second kappa shape index (κ2) is 15.8. The Hall–Kier alpha value is -6.08. The van der Waals surface area contributed by atoms with E-state index in [0.29, 0.717) is 58.8 Å². The number of likely N-dealkylation sites (tertiary alicyclic amines) is 1. The van der Waals surface area contributed by atoms with Gasteiger partial charge in [-0.25, -0.2) is 9.18 Å². The van der Waals surface area contributed by atoms with E-state index in [1.165, 1.54) is 33.7 Å². The average molecular weight is 817 g/mol. The molecular weight excluding hydrogens is 768 g/mol. The maximum atomic E-state index is 15.7. The molecule has 16 heteroatoms. The number of rotatable bonds is 8. The number of nitrogens with one attached hydrogen (secondary N) is 2. The van der Waals surface area contributed by atoms with Gasteiger partial charge in [-0.05, 0) is 106 Å². The molecule has 1 unspecified atom stereocenters. The molecule has 3 aliphatic heterocycles. The van der Waals surface area contributed by atoms with E-state index in [4.69, 9.17) is 9.84 Å². The summed E-state index contributed by atoms with van der Waals surface area (Å²) in [4.78, 5) is 59.7. The molecule has 1 spiro atoms. The van der Waals surface area contributed by atoms with Gasteiger partial charge in [0.25, 0.3) is 5.91 Å². The summed E-state index contributed by atoms with van der Waals surface area (Å²) in [5.74, 6) is -0.485. The zero-order valence-electron chi connectivity index (χ0n) is 34.0. The largest absolute Gasteiger partial charge is 0.494 e. The first kappa shape index (κ1) is 39.4. The topological polar surface area (TPSA) is 172 Å². The lowest BCUT2D eigenvalue weighted by Gasteiger charge is -2.48. The normalized spacial score (nSPS) is 22.2. The highest BCUT2D eigenvalue weighted by Gasteiger charge is 2.40. The van der Waals surface area contributed by atoms with Crippen LogP contribution in [-0.4, -0.2) is 86.4 Å². The van der Waals surface area contributed by atoms with Gasteiger partial charge in [-0.15, -0.1) is 0 Å². The monoisotopic (exact) mass is 816 g/mol. The number of carbonyl (C=O) groups excluding carboxylic acids is 3. The van der Waals surface area contributed by atoms with Gasteiger partial charge in [-0.2, -0.15) is 10.4 Å². The van der Waals surface area contributed by atoms with Crippen LogP contribution in [0.1, 0.15) is 92.2 Å². The van der Waals surface area contributed by atoms with Crippen molar-refractivity contribution in [2.24, 2.45) is 18.4 Å². The van der Waals surface area contributed by atoms with Crippen LogP contribution in [0.15, 0.2) is 53.7 Å². The first-order chi connectivity index (χ1) is 29.0. The molecule has 4 aliphatic rings. The molecular formula is C44H49FN10O5. The molecule has 15 nitrogen and oxygen atoms in total. The van der Waals surface area contributed by atoms with Gasteiger partial charge in [-0.1, -0.05) is 0 Å². The van der Waals surface area contributed by atoms with Crippen molar-refractivity contribution in [1.29, 1.82) is 5.26 Å². The van der Waals surface area contributed by atoms with Crippen LogP contribution in [0.5, 0.6) is 5.75 Å². The lowest BCUT2D eigenvalue weighted by atomic mass is 9.71. The Bertz CT molecular complexity index is 2600. The Kier molecular flexibility index (Phi) is 10.4. The summed E-state index contributed by atoms with van der Waals surface area (Å²) in [5.41, 5.74) is 3.14. The smallest absolute Gasteiger partial charge is 0.329 e. The van der Waals surface area contributed by atoms with E-state index in [9.17, 15) is 24.4 Å². The molecule has 2 N–H and O–H groups in total. The van der Waals surface area contributed by atoms with E-state index in [1.54, 1.807) is 20.2 Å². The maximum absolute atomic E-state index is 15.7. The fourth-order valence-corrected chi connectivity index (χ4v) is 10.2. The van der Waals surface area contributed by atoms with Crippen LogP contribution >= 0.6 is 0 Å². The zero-order chi connectivity index (χ0) is 41.7. The minimum absolute atomic E-state index is 0.148. The molecule has 1 aliphatic carbocycles. The number of halogens is 1. The van der Waals surface area contributed by atoms with Crippen LogP contribution < -0.4 is 26.0 Å². The molecule has 1 atom stereocenters. The van der Waals surface area contributed by atoms with Crippen molar-refractivity contribution < 1.29 is 23.5 Å². The number of benzene rings is 2. The third kappa shape index (κ3) is 7.29. The van der Waals surface area contributed by atoms with Crippen molar-refractivity contribution in [3.8, 4) is 11.8 Å². The van der Waals surface area contributed by atoms with Crippen LogP contribution in [-0.2, 0) is 16.6 Å². The lowest BCUT2D eigenvalue weighted by Crippen LogP contribution is -2.48. The van der Waals surface area contributed by atoms with E-state index in [1.807, 2.05) is 18.2 Å². The quantitative estimate of drug-likeness (QED) is 0.192. The fraction of sp³-hybridized carbons (Fsp3) is 0.477. The number of pyridine rings is 1. The van der Waals surface area contributed by atoms with Gasteiger partial charge in [-0.3, -0.25) is 38.5 Å². The van der Waals surface area contributed by atoms with E-state index < -0.39 is 17.6 Å². The van der Waals surface area contributed by atoms with Gasteiger partial charge in [0.1, 0.15) is 23.7 Å². The minimum atomic E-state index is -0.817. The van der Waals surface area contributed by atoms with Crippen LogP contribution in [0, 0.1) is 28.5 Å². The lowest BCUT2D eigenvalue weighted by molar-refractivity contribution is -0.135. The van der Waals surface area contributed by atoms with E-state index >= 15 is 4.39 Å². The first-order valence-corrected chi connectivity index (χ1v) is 21.0. The van der Waals surface area contributed by atoms with Crippen molar-refractivity contribution in [2.45, 2.75) is 76.3 Å². The number of hydrogen-bond donors (Lipinski definition) is 2. The van der Waals surface area contributed by atoms with E-state index in [2.05, 4.69) is 36.3 Å². The third-order valence-electron chi connectivity index (χ3n) is 13.7. The predicted molar refractivity (Wildman–Crippen MR) is 222 cm³/mol. The molecule has 3 amide bonds. The Morgan fingerprint density at radius 1 is 1.02 bits per heavy atom. The Morgan fingerprint density at radius 3 is 2.48 bits per heavy atom. The number of aryl methyl sites for hydroxylation is 1. The van der Waals surface area contributed by atoms with Gasteiger partial charge in [0, 0.05) is 63.1 Å². The number of nitriles is 1. The number of hydrogen-bond acceptors (Lipinski definition) is 10. The van der Waals surface area contributed by atoms with Crippen LogP contribution in [0.3, 0.4) is 0 Å². The fourth-order valence-electron chi connectivity index (χ4n) is 10.2. The summed E-state index contributed by atoms with van der Waals surface area (Å²) in [7, 11) is 3.18. The van der Waals surface area contributed by atoms with Crippen molar-refractivity contribution >= 4 is 51.0 Å². The summed E-state index contributed by atoms with van der Waals surface area (Å²) < 4.78 is 26.2. The molecule has 5 aromatic rings. The number of fused-ring (bicyclic) bond motifs is 2. The average Bonchev–Trinajstić information content (AvgIpc) is 3.79. The molecule has 0 radical (unpaired) electrons. The SMILES string of the molecule is COc1cc2nn(C3CCC(CN4CCC5(CC4)CCN(c4c(F)ccc6c4n(C)c(=O)n6C4CCC(=O)NC4=O)CC5)CC3)cc2cc1NC(=O)c1cncc(C#N)c1. The molecule has 60 heavy (non-hydrogen) atoms. The predicted octanol–water partition coefficient (Wildman–Crippen LogP) is 5.45. The number of piperidine rings is 3. The molecule has 1 saturated carbocycles. The highest BCUT2D eigenvalue weighted by molar-refractivity contribution is 6.06. The van der Waals surface area contributed by atoms with Gasteiger partial charge < -0.3 is 19.9 Å². The second-order valence-corrected chi connectivity index (χ2v) is 17.2. The second-order valence-electron chi connectivity index (χ2n) is 17.2. The van der Waals surface area contributed by atoms with Crippen molar-refractivity contribution in [3.63, 3.8) is 0 Å². The number of carbonyl (C=O) groups is 3. The van der Waals surface area contributed by atoms with E-state index in [-0.39, 0.29) is 41.5 Å². The van der Waals surface area contributed by atoms with Gasteiger partial charge in [0.2, 0.25) is 11.8 Å². The summed E-state index contributed by atoms with van der Waals surface area (Å²) in [5, 5.41) is 20.3. The minimum Gasteiger partial charge on any atom is -0.494 e. The highest BCUT2D eigenvalue weighted by Crippen LogP contribution is 2.44. The number of nitrogens with zero attached hydrogens (tertiary/aromatic N) is 8. The maximum Gasteiger partial charge on any atom is 0.329 e. The summed E-state index contributed by atoms with van der Waals surface area (Å²) in [6.45, 7) is 4.59. The molecule has 3 saturated heterocycles. The van der Waals surface area contributed by atoms with Crippen molar-refractivity contribution in [1.82, 2.24) is 34.1 Å². The van der Waals surface area contributed by atoms with Crippen molar-refractivity contribution in [3.05, 3.63) is 76.4 Å². The number of amides is 3. The van der Waals surface area contributed by atoms with Crippen LogP contribution in [0.2, 0.25) is 0 Å². The van der Waals surface area contributed by atoms with E-state index in [0.717, 1.165) is 81.9 Å². The van der Waals surface area contributed by atoms with Gasteiger partial charge >= 0.3 is 5.69 Å². The number of ether oxygens (including phenoxy) is 1. The molecule has 0 bridgehead atoms. The molecule has 9 rings (SSSR count). The molecule has 312 valence electrons. The Balaban J connectivity index is 0.786. The Morgan fingerprint density at radius 2 is 1.77 bits per heavy atom. The first-order valence-electron chi connectivity index (χ1n) is 21.0. The van der Waals surface area contributed by atoms with Crippen LogP contribution in [0.25, 0.3) is 21.9 Å². The molecule has 3 aromatic heterocycles. The summed E-state index contributed by atoms with van der Waals surface area (Å²) in [6.07, 6.45) is 13.7. The van der Waals surface area contributed by atoms with Crippen LogP contribution in [0.4, 0.5) is 15.8 Å². The number of methoxy groups -OCH3 is 1. The zero-order valence-corrected chi connectivity index (χ0v) is 34.0. The number of aromatic nitrogens is 5. The summed E-state index contributed by atoms with van der Waals surface area (Å²) in [6, 6.07) is 9.67. The van der Waals surface area contributed by atoms with Crippen molar-refractivity contribution in [2.75, 3.05) is 50.1 Å². The Labute approximate surface area is 346 Å². The number of anilines is 2. The highest BCUT2D eigenvalue weighted by atomic mass is 19.1. The molecule has 4 fully saturated rings. The molecule has 2 aromatic carbocycles. The third-order valence-corrected chi connectivity index (χ3v) is 13.7. The van der Waals surface area contributed by atoms with Gasteiger partial charge in [0.05, 0.1) is 52.2 Å². The number of imide groups is 1. The standard InChI is InChI=1S/C44H49FN10O5/c1-51-40-35(55(43(51)59)36-9-10-38(56)49-42(36)58)8-7-32(45)39(40)53-17-13-44(14-18-53)11-15-52(16-12-44)25-27-3-5-31(6-4-27)54-26-30-20-34(37(60-2)21-33(30)50-54)48-41(57)29-19-28(22-46)23-47-24-29/h7-8,19-21,23-24,26-27,31,36H,3-6,9-18,25H2,1-2H3,(H,48,57)(H,49,56,58).